The fourth-order valence-electron chi connectivity index (χ4n) is 4.68. The normalized spacial score (nSPS) is 15.2. The number of amides is 2. The van der Waals surface area contributed by atoms with Crippen LogP contribution in [-0.4, -0.2) is 16.8 Å². The van der Waals surface area contributed by atoms with Gasteiger partial charge in [0.05, 0.1) is 22.3 Å². The van der Waals surface area contributed by atoms with Gasteiger partial charge in [0.2, 0.25) is 0 Å². The number of anilines is 1. The van der Waals surface area contributed by atoms with E-state index in [4.69, 9.17) is 10.7 Å². The smallest absolute Gasteiger partial charge is 0.257 e. The maximum Gasteiger partial charge on any atom is 0.257 e. The Kier molecular flexibility index (Phi) is 6.23. The van der Waals surface area contributed by atoms with E-state index in [9.17, 15) is 9.59 Å². The van der Waals surface area contributed by atoms with Crippen molar-refractivity contribution in [3.05, 3.63) is 80.6 Å². The van der Waals surface area contributed by atoms with Crippen LogP contribution in [0.2, 0.25) is 0 Å². The molecule has 0 saturated carbocycles. The number of primary amides is 1. The fourth-order valence-corrected chi connectivity index (χ4v) is 6.44. The van der Waals surface area contributed by atoms with Gasteiger partial charge in [0.15, 0.2) is 0 Å². The molecule has 2 heterocycles. The fraction of sp³-hybridized carbons (Fsp3) is 0.222. The van der Waals surface area contributed by atoms with Crippen LogP contribution in [0.15, 0.2) is 59.1 Å². The van der Waals surface area contributed by atoms with E-state index in [1.165, 1.54) is 11.3 Å². The number of fused-ring (bicyclic) bond motifs is 2. The number of hydrogen-bond donors (Lipinski definition) is 2. The molecule has 7 heteroatoms. The number of nitrogens with one attached hydrogen (secondary N) is 1. The van der Waals surface area contributed by atoms with Crippen molar-refractivity contribution >= 4 is 55.0 Å². The zero-order valence-electron chi connectivity index (χ0n) is 18.7. The van der Waals surface area contributed by atoms with Gasteiger partial charge >= 0.3 is 0 Å². The van der Waals surface area contributed by atoms with Crippen LogP contribution in [0.3, 0.4) is 0 Å². The maximum absolute atomic E-state index is 13.6. The van der Waals surface area contributed by atoms with Crippen LogP contribution in [0.5, 0.6) is 0 Å². The second kappa shape index (κ2) is 9.31. The SMILES string of the molecule is CC[C@@H]1CCc2c(sc(NC(=O)c3cc(-c4cccc(Br)c4)nc4ccccc34)c2C(N)=O)C1. The number of para-hydroxylation sites is 1. The summed E-state index contributed by atoms with van der Waals surface area (Å²) in [6, 6.07) is 17.2. The lowest BCUT2D eigenvalue weighted by atomic mass is 9.85. The van der Waals surface area contributed by atoms with Gasteiger partial charge in [0.1, 0.15) is 5.00 Å². The molecule has 1 aliphatic carbocycles. The Bertz CT molecular complexity index is 1430. The quantitative estimate of drug-likeness (QED) is 0.303. The zero-order valence-corrected chi connectivity index (χ0v) is 21.1. The molecule has 5 rings (SSSR count). The third-order valence-electron chi connectivity index (χ3n) is 6.50. The maximum atomic E-state index is 13.6. The number of halogens is 1. The van der Waals surface area contributed by atoms with E-state index in [0.29, 0.717) is 27.7 Å². The van der Waals surface area contributed by atoms with Crippen molar-refractivity contribution in [2.75, 3.05) is 5.32 Å². The third kappa shape index (κ3) is 4.26. The summed E-state index contributed by atoms with van der Waals surface area (Å²) in [5, 5.41) is 4.32. The van der Waals surface area contributed by atoms with E-state index >= 15 is 0 Å². The zero-order chi connectivity index (χ0) is 23.8. The molecule has 3 N–H and O–H groups in total. The van der Waals surface area contributed by atoms with Gasteiger partial charge in [-0.1, -0.05) is 59.6 Å². The first-order chi connectivity index (χ1) is 16.4. The van der Waals surface area contributed by atoms with Crippen LogP contribution in [0.25, 0.3) is 22.2 Å². The van der Waals surface area contributed by atoms with Gasteiger partial charge in [-0.2, -0.15) is 0 Å². The number of thiophene rings is 1. The van der Waals surface area contributed by atoms with Crippen LogP contribution < -0.4 is 11.1 Å². The van der Waals surface area contributed by atoms with Gasteiger partial charge < -0.3 is 11.1 Å². The molecule has 1 atom stereocenters. The second-order valence-corrected chi connectivity index (χ2v) is 10.6. The van der Waals surface area contributed by atoms with E-state index in [-0.39, 0.29) is 5.91 Å². The molecular weight excluding hydrogens is 510 g/mol. The summed E-state index contributed by atoms with van der Waals surface area (Å²) in [5.74, 6) is -0.160. The molecule has 2 aromatic heterocycles. The third-order valence-corrected chi connectivity index (χ3v) is 8.16. The Morgan fingerprint density at radius 1 is 1.18 bits per heavy atom. The number of aromatic nitrogens is 1. The number of carbonyl (C=O) groups is 2. The van der Waals surface area contributed by atoms with Crippen molar-refractivity contribution in [3.63, 3.8) is 0 Å². The summed E-state index contributed by atoms with van der Waals surface area (Å²) < 4.78 is 0.937. The van der Waals surface area contributed by atoms with Crippen LogP contribution in [0, 0.1) is 5.92 Å². The molecule has 0 spiro atoms. The van der Waals surface area contributed by atoms with Crippen LogP contribution >= 0.6 is 27.3 Å². The van der Waals surface area contributed by atoms with E-state index in [0.717, 1.165) is 57.1 Å². The first-order valence-corrected chi connectivity index (χ1v) is 13.0. The number of nitrogens with two attached hydrogens (primary N) is 1. The second-order valence-electron chi connectivity index (χ2n) is 8.63. The molecule has 5 nitrogen and oxygen atoms in total. The van der Waals surface area contributed by atoms with E-state index in [1.807, 2.05) is 54.6 Å². The lowest BCUT2D eigenvalue weighted by Gasteiger charge is -2.20. The summed E-state index contributed by atoms with van der Waals surface area (Å²) in [4.78, 5) is 31.9. The Morgan fingerprint density at radius 3 is 2.76 bits per heavy atom. The Morgan fingerprint density at radius 2 is 2.00 bits per heavy atom. The first-order valence-electron chi connectivity index (χ1n) is 11.4. The van der Waals surface area contributed by atoms with Crippen molar-refractivity contribution in [1.82, 2.24) is 4.98 Å². The minimum Gasteiger partial charge on any atom is -0.365 e. The van der Waals surface area contributed by atoms with Gasteiger partial charge in [-0.05, 0) is 55.0 Å². The minimum atomic E-state index is -0.489. The Hall–Kier alpha value is -3.03. The van der Waals surface area contributed by atoms with E-state index < -0.39 is 5.91 Å². The number of pyridine rings is 1. The Labute approximate surface area is 210 Å². The van der Waals surface area contributed by atoms with E-state index in [2.05, 4.69) is 28.2 Å². The van der Waals surface area contributed by atoms with Gasteiger partial charge in [0.25, 0.3) is 11.8 Å². The predicted molar refractivity (Wildman–Crippen MR) is 141 cm³/mol. The number of rotatable bonds is 5. The van der Waals surface area contributed by atoms with Crippen molar-refractivity contribution in [2.24, 2.45) is 11.7 Å². The highest BCUT2D eigenvalue weighted by Gasteiger charge is 2.28. The Balaban J connectivity index is 1.57. The average Bonchev–Trinajstić information content (AvgIpc) is 3.20. The van der Waals surface area contributed by atoms with Crippen molar-refractivity contribution in [2.45, 2.75) is 32.6 Å². The van der Waals surface area contributed by atoms with Crippen molar-refractivity contribution in [1.29, 1.82) is 0 Å². The number of nitrogens with zero attached hydrogens (tertiary/aromatic N) is 1. The molecule has 172 valence electrons. The highest BCUT2D eigenvalue weighted by molar-refractivity contribution is 9.10. The first kappa shape index (κ1) is 22.7. The van der Waals surface area contributed by atoms with Crippen LogP contribution in [0.4, 0.5) is 5.00 Å². The number of hydrogen-bond acceptors (Lipinski definition) is 4. The highest BCUT2D eigenvalue weighted by Crippen LogP contribution is 2.40. The molecule has 1 aliphatic rings. The molecule has 2 amide bonds. The predicted octanol–water partition coefficient (Wildman–Crippen LogP) is 6.59. The minimum absolute atomic E-state index is 0.275. The molecule has 2 aromatic carbocycles. The molecule has 0 fully saturated rings. The molecule has 34 heavy (non-hydrogen) atoms. The standard InChI is InChI=1S/C27H24BrN3O2S/c1-2-15-10-11-19-23(12-15)34-27(24(19)25(29)32)31-26(33)20-14-22(16-6-5-7-17(28)13-16)30-21-9-4-3-8-18(20)21/h3-9,13-15H,2,10-12H2,1H3,(H2,29,32)(H,31,33)/t15-/m1/s1. The van der Waals surface area contributed by atoms with Crippen LogP contribution in [-0.2, 0) is 12.8 Å². The van der Waals surface area contributed by atoms with Crippen molar-refractivity contribution in [3.8, 4) is 11.3 Å². The summed E-state index contributed by atoms with van der Waals surface area (Å²) in [7, 11) is 0. The molecule has 0 saturated heterocycles. The number of benzene rings is 2. The topological polar surface area (TPSA) is 85.1 Å². The molecule has 0 aliphatic heterocycles. The highest BCUT2D eigenvalue weighted by atomic mass is 79.9. The summed E-state index contributed by atoms with van der Waals surface area (Å²) in [5.41, 5.74) is 10.1. The molecule has 4 aromatic rings. The molecule has 0 bridgehead atoms. The van der Waals surface area contributed by atoms with Crippen molar-refractivity contribution < 1.29 is 9.59 Å². The monoisotopic (exact) mass is 533 g/mol. The molecule has 0 radical (unpaired) electrons. The largest absolute Gasteiger partial charge is 0.365 e. The van der Waals surface area contributed by atoms with Gasteiger partial charge in [-0.25, -0.2) is 4.98 Å². The summed E-state index contributed by atoms with van der Waals surface area (Å²) in [6.07, 6.45) is 3.90. The lowest BCUT2D eigenvalue weighted by Crippen LogP contribution is -2.20. The number of carbonyl (C=O) groups excluding carboxylic acids is 2. The molecular formula is C27H24BrN3O2S. The summed E-state index contributed by atoms with van der Waals surface area (Å²) in [6.45, 7) is 2.19. The van der Waals surface area contributed by atoms with Gasteiger partial charge in [0, 0.05) is 20.3 Å². The lowest BCUT2D eigenvalue weighted by molar-refractivity contribution is 0.1000. The van der Waals surface area contributed by atoms with Gasteiger partial charge in [-0.15, -0.1) is 11.3 Å². The van der Waals surface area contributed by atoms with Crippen LogP contribution in [0.1, 0.15) is 50.9 Å². The van der Waals surface area contributed by atoms with E-state index in [1.54, 1.807) is 0 Å². The summed E-state index contributed by atoms with van der Waals surface area (Å²) >= 11 is 5.00. The molecule has 0 unspecified atom stereocenters. The average molecular weight is 534 g/mol. The van der Waals surface area contributed by atoms with Gasteiger partial charge in [-0.3, -0.25) is 9.59 Å².